The molecule has 37 heavy (non-hydrogen) atoms. The van der Waals surface area contributed by atoms with E-state index in [0.29, 0.717) is 15.8 Å². The minimum atomic E-state index is -0.302. The Morgan fingerprint density at radius 2 is 1.22 bits per heavy atom. The maximum absolute atomic E-state index is 13.8. The lowest BCUT2D eigenvalue weighted by Crippen LogP contribution is -1.99. The van der Waals surface area contributed by atoms with E-state index in [4.69, 9.17) is 32.7 Å². The number of ether oxygens (including phenoxy) is 2. The maximum Gasteiger partial charge on any atom is 0.135 e. The summed E-state index contributed by atoms with van der Waals surface area (Å²) in [6, 6.07) is 31.8. The van der Waals surface area contributed by atoms with Gasteiger partial charge in [-0.2, -0.15) is 0 Å². The van der Waals surface area contributed by atoms with Crippen LogP contribution in [-0.2, 0) is 0 Å². The quantitative estimate of drug-likeness (QED) is 0.218. The highest BCUT2D eigenvalue weighted by Crippen LogP contribution is 2.50. The van der Waals surface area contributed by atoms with Gasteiger partial charge in [0.2, 0.25) is 0 Å². The van der Waals surface area contributed by atoms with Crippen LogP contribution in [0.1, 0.15) is 0 Å². The summed E-state index contributed by atoms with van der Waals surface area (Å²) < 4.78 is 25.5. The number of halogens is 3. The molecule has 0 fully saturated rings. The van der Waals surface area contributed by atoms with Crippen molar-refractivity contribution in [1.29, 1.82) is 0 Å². The van der Waals surface area contributed by atoms with Crippen LogP contribution >= 0.6 is 23.2 Å². The van der Waals surface area contributed by atoms with Crippen LogP contribution in [0.15, 0.2) is 103 Å². The first kappa shape index (κ1) is 24.9. The van der Waals surface area contributed by atoms with Crippen molar-refractivity contribution >= 4 is 23.2 Å². The van der Waals surface area contributed by atoms with Gasteiger partial charge >= 0.3 is 0 Å². The predicted molar refractivity (Wildman–Crippen MR) is 151 cm³/mol. The molecule has 0 aliphatic rings. The molecule has 0 unspecified atom stereocenters. The summed E-state index contributed by atoms with van der Waals surface area (Å²) in [6.45, 7) is 0. The van der Waals surface area contributed by atoms with Crippen LogP contribution in [-0.4, -0.2) is 14.2 Å². The zero-order chi connectivity index (χ0) is 25.9. The van der Waals surface area contributed by atoms with Crippen LogP contribution in [0.4, 0.5) is 4.39 Å². The molecule has 5 heteroatoms. The van der Waals surface area contributed by atoms with Gasteiger partial charge in [0.15, 0.2) is 0 Å². The molecule has 0 saturated carbocycles. The fraction of sp³-hybridized carbons (Fsp3) is 0.0625. The predicted octanol–water partition coefficient (Wildman–Crippen LogP) is 9.82. The summed E-state index contributed by atoms with van der Waals surface area (Å²) in [7, 11) is 3.29. The smallest absolute Gasteiger partial charge is 0.135 e. The third-order valence-electron chi connectivity index (χ3n) is 6.27. The lowest BCUT2D eigenvalue weighted by molar-refractivity contribution is 0.415. The first-order chi connectivity index (χ1) is 18.0. The van der Waals surface area contributed by atoms with Gasteiger partial charge in [-0.05, 0) is 82.4 Å². The molecule has 0 radical (unpaired) electrons. The van der Waals surface area contributed by atoms with Crippen molar-refractivity contribution in [3.63, 3.8) is 0 Å². The van der Waals surface area contributed by atoms with Gasteiger partial charge < -0.3 is 9.47 Å². The molecular formula is C32H23Cl2FO2. The Hall–Kier alpha value is -3.79. The Kier molecular flexibility index (Phi) is 7.18. The second kappa shape index (κ2) is 10.7. The molecule has 0 spiro atoms. The summed E-state index contributed by atoms with van der Waals surface area (Å²) >= 11 is 12.7. The van der Waals surface area contributed by atoms with E-state index in [-0.39, 0.29) is 5.82 Å². The minimum absolute atomic E-state index is 0.302. The molecule has 0 atom stereocenters. The van der Waals surface area contributed by atoms with Crippen LogP contribution in [0.25, 0.3) is 44.5 Å². The van der Waals surface area contributed by atoms with E-state index in [1.807, 2.05) is 72.8 Å². The highest BCUT2D eigenvalue weighted by atomic mass is 35.5. The molecule has 0 bridgehead atoms. The first-order valence-corrected chi connectivity index (χ1v) is 12.4. The van der Waals surface area contributed by atoms with E-state index < -0.39 is 0 Å². The van der Waals surface area contributed by atoms with Crippen molar-refractivity contribution in [2.45, 2.75) is 0 Å². The fourth-order valence-corrected chi connectivity index (χ4v) is 4.89. The average Bonchev–Trinajstić information content (AvgIpc) is 2.93. The molecular weight excluding hydrogens is 506 g/mol. The Morgan fingerprint density at radius 3 is 1.89 bits per heavy atom. The van der Waals surface area contributed by atoms with Crippen molar-refractivity contribution < 1.29 is 13.9 Å². The number of methoxy groups -OCH3 is 2. The first-order valence-electron chi connectivity index (χ1n) is 11.7. The van der Waals surface area contributed by atoms with Crippen LogP contribution < -0.4 is 9.47 Å². The summed E-state index contributed by atoms with van der Waals surface area (Å²) in [6.07, 6.45) is 0. The summed E-state index contributed by atoms with van der Waals surface area (Å²) in [5.74, 6) is 1.09. The van der Waals surface area contributed by atoms with Crippen LogP contribution in [0, 0.1) is 5.82 Å². The van der Waals surface area contributed by atoms with E-state index >= 15 is 0 Å². The zero-order valence-electron chi connectivity index (χ0n) is 20.3. The molecule has 2 nitrogen and oxygen atoms in total. The minimum Gasteiger partial charge on any atom is -0.497 e. The van der Waals surface area contributed by atoms with Crippen molar-refractivity contribution in [3.05, 3.63) is 119 Å². The third kappa shape index (κ3) is 5.06. The lowest BCUT2D eigenvalue weighted by Gasteiger charge is -2.23. The van der Waals surface area contributed by atoms with Crippen molar-refractivity contribution in [3.8, 4) is 56.0 Å². The Bertz CT molecular complexity index is 1560. The summed E-state index contributed by atoms with van der Waals surface area (Å²) in [5.41, 5.74) is 7.24. The van der Waals surface area contributed by atoms with E-state index in [2.05, 4.69) is 6.07 Å². The zero-order valence-corrected chi connectivity index (χ0v) is 21.8. The summed E-state index contributed by atoms with van der Waals surface area (Å²) in [4.78, 5) is 0. The second-order valence-electron chi connectivity index (χ2n) is 8.51. The van der Waals surface area contributed by atoms with Gasteiger partial charge in [0.1, 0.15) is 17.3 Å². The van der Waals surface area contributed by atoms with Crippen LogP contribution in [0.2, 0.25) is 10.0 Å². The summed E-state index contributed by atoms with van der Waals surface area (Å²) in [5, 5.41) is 1.25. The van der Waals surface area contributed by atoms with Crippen molar-refractivity contribution in [2.75, 3.05) is 14.2 Å². The monoisotopic (exact) mass is 528 g/mol. The van der Waals surface area contributed by atoms with Gasteiger partial charge in [0.25, 0.3) is 0 Å². The normalized spacial score (nSPS) is 10.8. The van der Waals surface area contributed by atoms with E-state index in [1.54, 1.807) is 26.4 Å². The second-order valence-corrected chi connectivity index (χ2v) is 9.38. The highest BCUT2D eigenvalue weighted by molar-refractivity contribution is 6.31. The van der Waals surface area contributed by atoms with Gasteiger partial charge in [-0.3, -0.25) is 0 Å². The van der Waals surface area contributed by atoms with Crippen LogP contribution in [0.3, 0.4) is 0 Å². The number of rotatable bonds is 6. The van der Waals surface area contributed by atoms with Crippen molar-refractivity contribution in [2.24, 2.45) is 0 Å². The number of hydrogen-bond acceptors (Lipinski definition) is 2. The topological polar surface area (TPSA) is 18.5 Å². The third-order valence-corrected chi connectivity index (χ3v) is 6.75. The van der Waals surface area contributed by atoms with E-state index in [1.165, 1.54) is 12.1 Å². The van der Waals surface area contributed by atoms with E-state index in [9.17, 15) is 4.39 Å². The van der Waals surface area contributed by atoms with Gasteiger partial charge in [0.05, 0.1) is 14.2 Å². The Labute approximate surface area is 225 Å². The Morgan fingerprint density at radius 1 is 0.541 bits per heavy atom. The standard InChI is InChI=1S/C32H23Cl2FO2/c1-36-27-8-4-5-22(18-27)28-19-29(20-11-15-26(35)16-12-20)32(37-2)31(23-6-3-7-25(34)17-23)30(28)21-9-13-24(33)14-10-21/h3-19H,1-2H3. The van der Waals surface area contributed by atoms with Gasteiger partial charge in [-0.25, -0.2) is 4.39 Å². The highest BCUT2D eigenvalue weighted by Gasteiger charge is 2.24. The molecule has 5 rings (SSSR count). The van der Waals surface area contributed by atoms with E-state index in [0.717, 1.165) is 50.3 Å². The molecule has 0 amide bonds. The van der Waals surface area contributed by atoms with Gasteiger partial charge in [-0.15, -0.1) is 0 Å². The molecule has 0 aliphatic carbocycles. The number of benzene rings is 5. The van der Waals surface area contributed by atoms with Gasteiger partial charge in [0, 0.05) is 26.7 Å². The average molecular weight is 529 g/mol. The van der Waals surface area contributed by atoms with Gasteiger partial charge in [-0.1, -0.05) is 71.7 Å². The molecule has 5 aromatic rings. The molecule has 0 aliphatic heterocycles. The fourth-order valence-electron chi connectivity index (χ4n) is 4.57. The number of hydrogen-bond donors (Lipinski definition) is 0. The molecule has 5 aromatic carbocycles. The Balaban J connectivity index is 1.96. The van der Waals surface area contributed by atoms with Crippen molar-refractivity contribution in [1.82, 2.24) is 0 Å². The lowest BCUT2D eigenvalue weighted by atomic mass is 9.83. The SMILES string of the molecule is COc1cccc(-c2cc(-c3ccc(F)cc3)c(OC)c(-c3cccc(Cl)c3)c2-c2ccc(Cl)cc2)c1. The largest absolute Gasteiger partial charge is 0.497 e. The van der Waals surface area contributed by atoms with Crippen LogP contribution in [0.5, 0.6) is 11.5 Å². The molecule has 0 aromatic heterocycles. The molecule has 0 heterocycles. The molecule has 0 saturated heterocycles. The molecule has 184 valence electrons. The molecule has 0 N–H and O–H groups in total. The maximum atomic E-state index is 13.8.